The van der Waals surface area contributed by atoms with Gasteiger partial charge in [-0.2, -0.15) is 0 Å². The van der Waals surface area contributed by atoms with Crippen molar-refractivity contribution < 1.29 is 0 Å². The number of pyridine rings is 2. The van der Waals surface area contributed by atoms with E-state index in [1.54, 1.807) is 23.5 Å². The Hall–Kier alpha value is -1.52. The highest BCUT2D eigenvalue weighted by molar-refractivity contribution is 8.31. The van der Waals surface area contributed by atoms with E-state index in [0.717, 1.165) is 0 Å². The molecule has 0 bridgehead atoms. The second-order valence-electron chi connectivity index (χ2n) is 3.68. The van der Waals surface area contributed by atoms with Crippen LogP contribution < -0.4 is 0 Å². The van der Waals surface area contributed by atoms with E-state index in [-0.39, 0.29) is 0 Å². The molecule has 2 aromatic rings. The van der Waals surface area contributed by atoms with E-state index in [0.29, 0.717) is 0 Å². The van der Waals surface area contributed by atoms with Gasteiger partial charge in [-0.1, -0.05) is 23.5 Å². The molecule has 0 fully saturated rings. The Morgan fingerprint density at radius 3 is 2.28 bits per heavy atom. The standard InChI is InChI=1S/C14H10N2S2/c1-5-15-6-2-11(1)9-14-17-10-13(18-14)12-3-7-16-8-4-12/h1-10H/b14-9+. The molecule has 88 valence electrons. The molecule has 0 aromatic carbocycles. The van der Waals surface area contributed by atoms with Gasteiger partial charge in [0.25, 0.3) is 0 Å². The predicted molar refractivity (Wildman–Crippen MR) is 79.6 cm³/mol. The maximum Gasteiger partial charge on any atom is 0.0499 e. The van der Waals surface area contributed by atoms with E-state index in [2.05, 4.69) is 21.5 Å². The van der Waals surface area contributed by atoms with Gasteiger partial charge in [0.15, 0.2) is 0 Å². The second-order valence-corrected chi connectivity index (χ2v) is 5.94. The highest BCUT2D eigenvalue weighted by Crippen LogP contribution is 2.48. The molecule has 18 heavy (non-hydrogen) atoms. The molecule has 0 atom stereocenters. The number of hydrogen-bond acceptors (Lipinski definition) is 4. The van der Waals surface area contributed by atoms with Gasteiger partial charge in [-0.25, -0.2) is 0 Å². The summed E-state index contributed by atoms with van der Waals surface area (Å²) in [4.78, 5) is 9.34. The Bertz CT molecular complexity index is 592. The molecule has 2 aromatic heterocycles. The van der Waals surface area contributed by atoms with Gasteiger partial charge in [0.2, 0.25) is 0 Å². The van der Waals surface area contributed by atoms with Crippen LogP contribution in [0.3, 0.4) is 0 Å². The van der Waals surface area contributed by atoms with Gasteiger partial charge in [0, 0.05) is 33.9 Å². The topological polar surface area (TPSA) is 25.8 Å². The molecule has 4 heteroatoms. The van der Waals surface area contributed by atoms with Crippen LogP contribution in [0.2, 0.25) is 0 Å². The zero-order valence-electron chi connectivity index (χ0n) is 9.48. The molecule has 3 rings (SSSR count). The largest absolute Gasteiger partial charge is 0.265 e. The molecule has 1 aliphatic heterocycles. The number of aromatic nitrogens is 2. The lowest BCUT2D eigenvalue weighted by molar-refractivity contribution is 1.32. The van der Waals surface area contributed by atoms with Crippen molar-refractivity contribution in [2.75, 3.05) is 0 Å². The molecule has 0 amide bonds. The Morgan fingerprint density at radius 2 is 1.56 bits per heavy atom. The van der Waals surface area contributed by atoms with Crippen molar-refractivity contribution in [1.82, 2.24) is 9.97 Å². The van der Waals surface area contributed by atoms with Gasteiger partial charge in [-0.3, -0.25) is 9.97 Å². The summed E-state index contributed by atoms with van der Waals surface area (Å²) in [5.41, 5.74) is 2.41. The average Bonchev–Trinajstić information content (AvgIpc) is 2.89. The molecular formula is C14H10N2S2. The van der Waals surface area contributed by atoms with Crippen LogP contribution in [0.15, 0.2) is 58.7 Å². The molecule has 1 aliphatic rings. The number of rotatable bonds is 2. The first-order valence-electron chi connectivity index (χ1n) is 5.48. The third-order valence-corrected chi connectivity index (χ3v) is 4.73. The summed E-state index contributed by atoms with van der Waals surface area (Å²) < 4.78 is 1.29. The van der Waals surface area contributed by atoms with Crippen molar-refractivity contribution in [2.24, 2.45) is 0 Å². The highest BCUT2D eigenvalue weighted by Gasteiger charge is 2.13. The summed E-state index contributed by atoms with van der Waals surface area (Å²) in [6.07, 6.45) is 9.46. The van der Waals surface area contributed by atoms with E-state index in [4.69, 9.17) is 0 Å². The zero-order chi connectivity index (χ0) is 12.2. The van der Waals surface area contributed by atoms with Crippen LogP contribution in [0.5, 0.6) is 0 Å². The van der Waals surface area contributed by atoms with E-state index in [1.807, 2.05) is 49.1 Å². The van der Waals surface area contributed by atoms with Crippen LogP contribution in [0, 0.1) is 0 Å². The molecule has 0 saturated carbocycles. The average molecular weight is 270 g/mol. The summed E-state index contributed by atoms with van der Waals surface area (Å²) in [6.45, 7) is 0. The minimum Gasteiger partial charge on any atom is -0.265 e. The van der Waals surface area contributed by atoms with E-state index in [9.17, 15) is 0 Å². The molecule has 0 N–H and O–H groups in total. The van der Waals surface area contributed by atoms with Gasteiger partial charge in [-0.15, -0.1) is 0 Å². The minimum atomic E-state index is 1.18. The summed E-state index contributed by atoms with van der Waals surface area (Å²) in [5.74, 6) is 0. The molecule has 0 aliphatic carbocycles. The lowest BCUT2D eigenvalue weighted by Crippen LogP contribution is -1.77. The third-order valence-electron chi connectivity index (χ3n) is 2.45. The van der Waals surface area contributed by atoms with E-state index < -0.39 is 0 Å². The highest BCUT2D eigenvalue weighted by atomic mass is 32.2. The molecule has 0 unspecified atom stereocenters. The molecule has 0 radical (unpaired) electrons. The number of thioether (sulfide) groups is 2. The zero-order valence-corrected chi connectivity index (χ0v) is 11.1. The van der Waals surface area contributed by atoms with Gasteiger partial charge < -0.3 is 0 Å². The first-order valence-corrected chi connectivity index (χ1v) is 7.18. The minimum absolute atomic E-state index is 1.18. The Balaban J connectivity index is 1.77. The van der Waals surface area contributed by atoms with Crippen molar-refractivity contribution in [1.29, 1.82) is 0 Å². The van der Waals surface area contributed by atoms with Crippen LogP contribution in [0.4, 0.5) is 0 Å². The maximum absolute atomic E-state index is 4.04. The fourth-order valence-corrected chi connectivity index (χ4v) is 3.74. The summed E-state index contributed by atoms with van der Waals surface area (Å²) in [5, 5.41) is 2.19. The second kappa shape index (κ2) is 5.42. The van der Waals surface area contributed by atoms with Gasteiger partial charge in [0.1, 0.15) is 0 Å². The lowest BCUT2D eigenvalue weighted by Gasteiger charge is -2.00. The maximum atomic E-state index is 4.04. The van der Waals surface area contributed by atoms with Crippen molar-refractivity contribution in [3.63, 3.8) is 0 Å². The monoisotopic (exact) mass is 270 g/mol. The lowest BCUT2D eigenvalue weighted by atomic mass is 10.3. The van der Waals surface area contributed by atoms with Gasteiger partial charge in [0.05, 0.1) is 0 Å². The number of hydrogen-bond donors (Lipinski definition) is 0. The van der Waals surface area contributed by atoms with Crippen molar-refractivity contribution in [2.45, 2.75) is 0 Å². The van der Waals surface area contributed by atoms with Crippen LogP contribution in [-0.4, -0.2) is 9.97 Å². The SMILES string of the molecule is C1=C(c2ccncc2)S/C(=C/c2ccncc2)S1. The van der Waals surface area contributed by atoms with E-state index in [1.165, 1.54) is 20.3 Å². The van der Waals surface area contributed by atoms with Crippen LogP contribution in [-0.2, 0) is 0 Å². The summed E-state index contributed by atoms with van der Waals surface area (Å²) in [7, 11) is 0. The Morgan fingerprint density at radius 1 is 0.889 bits per heavy atom. The first kappa shape index (κ1) is 11.6. The predicted octanol–water partition coefficient (Wildman–Crippen LogP) is 4.25. The van der Waals surface area contributed by atoms with Crippen LogP contribution in [0.1, 0.15) is 11.1 Å². The Kier molecular flexibility index (Phi) is 3.48. The molecule has 2 nitrogen and oxygen atoms in total. The van der Waals surface area contributed by atoms with Crippen LogP contribution >= 0.6 is 23.5 Å². The molecule has 0 saturated heterocycles. The molecule has 3 heterocycles. The number of nitrogens with zero attached hydrogens (tertiary/aromatic N) is 2. The van der Waals surface area contributed by atoms with Crippen molar-refractivity contribution in [3.8, 4) is 0 Å². The van der Waals surface area contributed by atoms with E-state index >= 15 is 0 Å². The molecular weight excluding hydrogens is 260 g/mol. The van der Waals surface area contributed by atoms with Gasteiger partial charge in [-0.05, 0) is 46.9 Å². The van der Waals surface area contributed by atoms with Gasteiger partial charge >= 0.3 is 0 Å². The normalized spacial score (nSPS) is 16.9. The van der Waals surface area contributed by atoms with Crippen molar-refractivity contribution >= 4 is 34.5 Å². The van der Waals surface area contributed by atoms with Crippen LogP contribution in [0.25, 0.3) is 11.0 Å². The smallest absolute Gasteiger partial charge is 0.0499 e. The third kappa shape index (κ3) is 2.66. The summed E-state index contributed by atoms with van der Waals surface area (Å²) >= 11 is 3.56. The Labute approximate surface area is 114 Å². The fourth-order valence-electron chi connectivity index (χ4n) is 1.57. The first-order chi connectivity index (χ1) is 8.92. The fraction of sp³-hybridized carbons (Fsp3) is 0. The molecule has 0 spiro atoms. The van der Waals surface area contributed by atoms with Crippen molar-refractivity contribution in [3.05, 3.63) is 69.8 Å². The summed E-state index contributed by atoms with van der Waals surface area (Å²) in [6, 6.07) is 8.10. The quantitative estimate of drug-likeness (QED) is 0.814.